The van der Waals surface area contributed by atoms with Gasteiger partial charge < -0.3 is 4.90 Å². The highest BCUT2D eigenvalue weighted by Gasteiger charge is 2.15. The fraction of sp³-hybridized carbons (Fsp3) is 0.500. The molecule has 1 heterocycles. The molecule has 4 heteroatoms. The van der Waals surface area contributed by atoms with Gasteiger partial charge in [-0.15, -0.1) is 11.6 Å². The first-order chi connectivity index (χ1) is 7.65. The molecule has 1 atom stereocenters. The van der Waals surface area contributed by atoms with E-state index in [1.807, 2.05) is 25.1 Å². The molecule has 1 rings (SSSR count). The third-order valence-corrected chi connectivity index (χ3v) is 2.92. The number of hydrogen-bond acceptors (Lipinski definition) is 2. The molecule has 1 aromatic rings. The van der Waals surface area contributed by atoms with Crippen LogP contribution in [0.15, 0.2) is 24.4 Å². The Kier molecular flexibility index (Phi) is 5.26. The zero-order valence-electron chi connectivity index (χ0n) is 9.69. The van der Waals surface area contributed by atoms with Crippen LogP contribution >= 0.6 is 11.6 Å². The first-order valence-corrected chi connectivity index (χ1v) is 5.89. The highest BCUT2D eigenvalue weighted by atomic mass is 35.5. The van der Waals surface area contributed by atoms with Crippen LogP contribution in [0.4, 0.5) is 0 Å². The molecule has 0 fully saturated rings. The summed E-state index contributed by atoms with van der Waals surface area (Å²) in [6.07, 6.45) is 2.54. The Morgan fingerprint density at radius 2 is 2.31 bits per heavy atom. The number of alkyl halides is 1. The Morgan fingerprint density at radius 3 is 2.88 bits per heavy atom. The van der Waals surface area contributed by atoms with E-state index in [2.05, 4.69) is 4.98 Å². The first kappa shape index (κ1) is 13.0. The standard InChI is InChI=1S/C12H17ClN2O/c1-10(9-13)12(16)15(2)8-6-11-5-3-4-7-14-11/h3-5,7,10H,6,8-9H2,1-2H3. The van der Waals surface area contributed by atoms with E-state index in [0.717, 1.165) is 12.1 Å². The van der Waals surface area contributed by atoms with Crippen LogP contribution in [-0.4, -0.2) is 35.3 Å². The normalized spacial score (nSPS) is 12.2. The smallest absolute Gasteiger partial charge is 0.226 e. The largest absolute Gasteiger partial charge is 0.345 e. The van der Waals surface area contributed by atoms with E-state index in [1.165, 1.54) is 0 Å². The van der Waals surface area contributed by atoms with E-state index >= 15 is 0 Å². The van der Waals surface area contributed by atoms with Crippen molar-refractivity contribution in [2.24, 2.45) is 5.92 Å². The lowest BCUT2D eigenvalue weighted by atomic mass is 10.2. The van der Waals surface area contributed by atoms with Gasteiger partial charge in [-0.1, -0.05) is 13.0 Å². The van der Waals surface area contributed by atoms with Gasteiger partial charge in [0.1, 0.15) is 0 Å². The summed E-state index contributed by atoms with van der Waals surface area (Å²) in [4.78, 5) is 17.6. The van der Waals surface area contributed by atoms with Gasteiger partial charge in [-0.2, -0.15) is 0 Å². The number of carbonyl (C=O) groups is 1. The molecule has 16 heavy (non-hydrogen) atoms. The lowest BCUT2D eigenvalue weighted by Gasteiger charge is -2.19. The molecular formula is C12H17ClN2O. The molecular weight excluding hydrogens is 224 g/mol. The summed E-state index contributed by atoms with van der Waals surface area (Å²) in [6.45, 7) is 2.52. The third kappa shape index (κ3) is 3.81. The average molecular weight is 241 g/mol. The summed E-state index contributed by atoms with van der Waals surface area (Å²) in [5.41, 5.74) is 1.00. The second kappa shape index (κ2) is 6.48. The summed E-state index contributed by atoms with van der Waals surface area (Å²) in [5, 5.41) is 0. The second-order valence-electron chi connectivity index (χ2n) is 3.89. The minimum Gasteiger partial charge on any atom is -0.345 e. The van der Waals surface area contributed by atoms with Crippen molar-refractivity contribution in [2.45, 2.75) is 13.3 Å². The predicted octanol–water partition coefficient (Wildman–Crippen LogP) is 1.96. The number of rotatable bonds is 5. The molecule has 0 N–H and O–H groups in total. The summed E-state index contributed by atoms with van der Waals surface area (Å²) in [6, 6.07) is 5.79. The SMILES string of the molecule is CC(CCl)C(=O)N(C)CCc1ccccn1. The fourth-order valence-electron chi connectivity index (χ4n) is 1.38. The van der Waals surface area contributed by atoms with Gasteiger partial charge in [0.15, 0.2) is 0 Å². The maximum Gasteiger partial charge on any atom is 0.226 e. The number of aromatic nitrogens is 1. The first-order valence-electron chi connectivity index (χ1n) is 5.36. The molecule has 3 nitrogen and oxygen atoms in total. The summed E-state index contributed by atoms with van der Waals surface area (Å²) < 4.78 is 0. The molecule has 0 spiro atoms. The van der Waals surface area contributed by atoms with Crippen LogP contribution in [0.2, 0.25) is 0 Å². The maximum atomic E-state index is 11.7. The minimum atomic E-state index is -0.115. The number of carbonyl (C=O) groups excluding carboxylic acids is 1. The van der Waals surface area contributed by atoms with Crippen molar-refractivity contribution in [3.8, 4) is 0 Å². The van der Waals surface area contributed by atoms with Gasteiger partial charge in [0.2, 0.25) is 5.91 Å². The Balaban J connectivity index is 2.41. The van der Waals surface area contributed by atoms with E-state index in [4.69, 9.17) is 11.6 Å². The molecule has 1 amide bonds. The molecule has 0 aliphatic rings. The van der Waals surface area contributed by atoms with Gasteiger partial charge in [0.25, 0.3) is 0 Å². The van der Waals surface area contributed by atoms with Crippen molar-refractivity contribution in [1.29, 1.82) is 0 Å². The summed E-state index contributed by atoms with van der Waals surface area (Å²) in [5.74, 6) is 0.341. The van der Waals surface area contributed by atoms with Crippen molar-refractivity contribution in [1.82, 2.24) is 9.88 Å². The van der Waals surface area contributed by atoms with Crippen LogP contribution in [0.3, 0.4) is 0 Å². The third-order valence-electron chi connectivity index (χ3n) is 2.46. The summed E-state index contributed by atoms with van der Waals surface area (Å²) >= 11 is 5.65. The number of hydrogen-bond donors (Lipinski definition) is 0. The lowest BCUT2D eigenvalue weighted by Crippen LogP contribution is -2.34. The Bertz CT molecular complexity index is 329. The number of nitrogens with zero attached hydrogens (tertiary/aromatic N) is 2. The molecule has 0 bridgehead atoms. The van der Waals surface area contributed by atoms with Crippen LogP contribution in [0.25, 0.3) is 0 Å². The number of halogens is 1. The maximum absolute atomic E-state index is 11.7. The predicted molar refractivity (Wildman–Crippen MR) is 65.5 cm³/mol. The van der Waals surface area contributed by atoms with E-state index < -0.39 is 0 Å². The fourth-order valence-corrected chi connectivity index (χ4v) is 1.51. The van der Waals surface area contributed by atoms with Crippen LogP contribution in [-0.2, 0) is 11.2 Å². The number of pyridine rings is 1. The second-order valence-corrected chi connectivity index (χ2v) is 4.19. The molecule has 1 aromatic heterocycles. The monoisotopic (exact) mass is 240 g/mol. The van der Waals surface area contributed by atoms with E-state index in [1.54, 1.807) is 18.1 Å². The Morgan fingerprint density at radius 1 is 1.56 bits per heavy atom. The highest BCUT2D eigenvalue weighted by Crippen LogP contribution is 2.04. The minimum absolute atomic E-state index is 0.0888. The van der Waals surface area contributed by atoms with Gasteiger partial charge in [-0.3, -0.25) is 9.78 Å². The zero-order chi connectivity index (χ0) is 12.0. The lowest BCUT2D eigenvalue weighted by molar-refractivity contribution is -0.132. The zero-order valence-corrected chi connectivity index (χ0v) is 10.4. The van der Waals surface area contributed by atoms with E-state index in [0.29, 0.717) is 12.4 Å². The molecule has 0 aliphatic carbocycles. The van der Waals surface area contributed by atoms with Crippen molar-refractivity contribution in [2.75, 3.05) is 19.5 Å². The topological polar surface area (TPSA) is 33.2 Å². The Hall–Kier alpha value is -1.09. The van der Waals surface area contributed by atoms with Crippen LogP contribution in [0.5, 0.6) is 0 Å². The molecule has 88 valence electrons. The number of likely N-dealkylation sites (N-methyl/N-ethyl adjacent to an activating group) is 1. The van der Waals surface area contributed by atoms with Crippen molar-refractivity contribution in [3.63, 3.8) is 0 Å². The van der Waals surface area contributed by atoms with Crippen LogP contribution in [0.1, 0.15) is 12.6 Å². The van der Waals surface area contributed by atoms with Gasteiger partial charge in [0, 0.05) is 43.7 Å². The molecule has 0 radical (unpaired) electrons. The average Bonchev–Trinajstić information content (AvgIpc) is 2.35. The van der Waals surface area contributed by atoms with Crippen molar-refractivity contribution < 1.29 is 4.79 Å². The summed E-state index contributed by atoms with van der Waals surface area (Å²) in [7, 11) is 1.80. The van der Waals surface area contributed by atoms with Crippen LogP contribution < -0.4 is 0 Å². The molecule has 0 aliphatic heterocycles. The number of amides is 1. The van der Waals surface area contributed by atoms with Crippen LogP contribution in [0, 0.1) is 5.92 Å². The molecule has 1 unspecified atom stereocenters. The van der Waals surface area contributed by atoms with E-state index in [9.17, 15) is 4.79 Å². The van der Waals surface area contributed by atoms with Gasteiger partial charge in [-0.05, 0) is 12.1 Å². The molecule has 0 saturated carbocycles. The van der Waals surface area contributed by atoms with Crippen molar-refractivity contribution in [3.05, 3.63) is 30.1 Å². The van der Waals surface area contributed by atoms with Gasteiger partial charge in [0.05, 0.1) is 0 Å². The van der Waals surface area contributed by atoms with Gasteiger partial charge >= 0.3 is 0 Å². The highest BCUT2D eigenvalue weighted by molar-refractivity contribution is 6.19. The molecule has 0 saturated heterocycles. The van der Waals surface area contributed by atoms with Gasteiger partial charge in [-0.25, -0.2) is 0 Å². The Labute approximate surface area is 101 Å². The quantitative estimate of drug-likeness (QED) is 0.738. The van der Waals surface area contributed by atoms with Crippen molar-refractivity contribution >= 4 is 17.5 Å². The molecule has 0 aromatic carbocycles. The van der Waals surface area contributed by atoms with E-state index in [-0.39, 0.29) is 11.8 Å².